The van der Waals surface area contributed by atoms with Gasteiger partial charge >= 0.3 is 0 Å². The summed E-state index contributed by atoms with van der Waals surface area (Å²) in [4.78, 5) is 0. The Morgan fingerprint density at radius 1 is 1.25 bits per heavy atom. The molecule has 2 atom stereocenters. The van der Waals surface area contributed by atoms with Crippen LogP contribution in [0, 0.1) is 12.7 Å². The van der Waals surface area contributed by atoms with Crippen molar-refractivity contribution in [2.75, 3.05) is 0 Å². The number of fused-ring (bicyclic) bond motifs is 2. The van der Waals surface area contributed by atoms with E-state index < -0.39 is 31.8 Å². The summed E-state index contributed by atoms with van der Waals surface area (Å²) in [7, 11) is -3.15. The first-order valence-corrected chi connectivity index (χ1v) is 8.65. The molecule has 1 N–H and O–H groups in total. The minimum Gasteiger partial charge on any atom is -0.385 e. The fraction of sp³-hybridized carbons (Fsp3) is 0.600. The number of halogens is 1. The van der Waals surface area contributed by atoms with Crippen LogP contribution in [0.2, 0.25) is 0 Å². The van der Waals surface area contributed by atoms with Crippen molar-refractivity contribution in [3.8, 4) is 0 Å². The van der Waals surface area contributed by atoms with Gasteiger partial charge in [0.05, 0.1) is 16.1 Å². The molecular weight excluding hydrogens is 279 g/mol. The highest BCUT2D eigenvalue weighted by molar-refractivity contribution is 7.92. The molecule has 0 aliphatic carbocycles. The number of aryl methyl sites for hydroxylation is 1. The highest BCUT2D eigenvalue weighted by Crippen LogP contribution is 2.46. The molecule has 2 fully saturated rings. The summed E-state index contributed by atoms with van der Waals surface area (Å²) < 4.78 is 38.6. The first-order chi connectivity index (χ1) is 9.33. The summed E-state index contributed by atoms with van der Waals surface area (Å²) in [6.07, 6.45) is 2.27. The number of hydrogen-bond acceptors (Lipinski definition) is 3. The van der Waals surface area contributed by atoms with Crippen molar-refractivity contribution in [1.29, 1.82) is 0 Å². The van der Waals surface area contributed by atoms with Crippen molar-refractivity contribution in [2.24, 2.45) is 0 Å². The average molecular weight is 298 g/mol. The van der Waals surface area contributed by atoms with Crippen LogP contribution in [-0.4, -0.2) is 24.0 Å². The number of rotatable bonds is 1. The third-order valence-electron chi connectivity index (χ3n) is 4.74. The van der Waals surface area contributed by atoms with Crippen molar-refractivity contribution in [3.63, 3.8) is 0 Å². The smallest absolute Gasteiger partial charge is 0.156 e. The van der Waals surface area contributed by atoms with E-state index in [1.54, 1.807) is 12.1 Å². The lowest BCUT2D eigenvalue weighted by molar-refractivity contribution is 0.00181. The fourth-order valence-electron chi connectivity index (χ4n) is 3.66. The quantitative estimate of drug-likeness (QED) is 0.866. The van der Waals surface area contributed by atoms with Gasteiger partial charge < -0.3 is 5.11 Å². The fourth-order valence-corrected chi connectivity index (χ4v) is 6.21. The molecule has 2 heterocycles. The van der Waals surface area contributed by atoms with Crippen LogP contribution in [-0.2, 0) is 15.4 Å². The van der Waals surface area contributed by atoms with Gasteiger partial charge in [0.2, 0.25) is 0 Å². The Morgan fingerprint density at radius 2 is 1.85 bits per heavy atom. The SMILES string of the molecule is Cc1ccc(F)c(C2(O)CC3CCCC(C2)S3(=O)=O)c1. The molecule has 0 radical (unpaired) electrons. The van der Waals surface area contributed by atoms with Crippen LogP contribution >= 0.6 is 0 Å². The van der Waals surface area contributed by atoms with E-state index in [0.717, 1.165) is 12.0 Å². The zero-order valence-electron chi connectivity index (χ0n) is 11.5. The molecule has 2 aliphatic heterocycles. The van der Waals surface area contributed by atoms with E-state index in [-0.39, 0.29) is 18.4 Å². The topological polar surface area (TPSA) is 54.4 Å². The van der Waals surface area contributed by atoms with Crippen LogP contribution in [0.3, 0.4) is 0 Å². The van der Waals surface area contributed by atoms with Crippen LogP contribution < -0.4 is 0 Å². The van der Waals surface area contributed by atoms with Crippen molar-refractivity contribution in [2.45, 2.75) is 55.1 Å². The van der Waals surface area contributed by atoms with Gasteiger partial charge in [-0.1, -0.05) is 24.1 Å². The predicted molar refractivity (Wildman–Crippen MR) is 74.6 cm³/mol. The summed E-state index contributed by atoms with van der Waals surface area (Å²) in [5.41, 5.74) is -0.227. The van der Waals surface area contributed by atoms with E-state index in [9.17, 15) is 17.9 Å². The van der Waals surface area contributed by atoms with Gasteiger partial charge in [-0.05, 0) is 38.7 Å². The van der Waals surface area contributed by atoms with Gasteiger partial charge in [0.15, 0.2) is 9.84 Å². The number of sulfone groups is 1. The Morgan fingerprint density at radius 3 is 2.45 bits per heavy atom. The molecule has 0 aromatic heterocycles. The molecule has 110 valence electrons. The molecule has 3 nitrogen and oxygen atoms in total. The van der Waals surface area contributed by atoms with Gasteiger partial charge in [-0.15, -0.1) is 0 Å². The highest BCUT2D eigenvalue weighted by Gasteiger charge is 2.51. The first-order valence-electron chi connectivity index (χ1n) is 7.05. The van der Waals surface area contributed by atoms with Crippen molar-refractivity contribution < 1.29 is 17.9 Å². The van der Waals surface area contributed by atoms with E-state index in [4.69, 9.17) is 0 Å². The van der Waals surface area contributed by atoms with Crippen LogP contribution in [0.25, 0.3) is 0 Å². The van der Waals surface area contributed by atoms with E-state index in [1.807, 2.05) is 6.92 Å². The third kappa shape index (κ3) is 2.07. The van der Waals surface area contributed by atoms with Crippen LogP contribution in [0.15, 0.2) is 18.2 Å². The summed E-state index contributed by atoms with van der Waals surface area (Å²) in [5.74, 6) is -0.449. The monoisotopic (exact) mass is 298 g/mol. The minimum atomic E-state index is -3.15. The number of benzene rings is 1. The van der Waals surface area contributed by atoms with E-state index in [2.05, 4.69) is 0 Å². The highest BCUT2D eigenvalue weighted by atomic mass is 32.2. The molecule has 20 heavy (non-hydrogen) atoms. The molecule has 1 aromatic carbocycles. The van der Waals surface area contributed by atoms with Gasteiger partial charge in [-0.3, -0.25) is 0 Å². The molecule has 0 amide bonds. The summed E-state index contributed by atoms with van der Waals surface area (Å²) >= 11 is 0. The average Bonchev–Trinajstić information content (AvgIpc) is 2.34. The van der Waals surface area contributed by atoms with Gasteiger partial charge in [0.1, 0.15) is 5.82 Å². The maximum absolute atomic E-state index is 14.1. The molecule has 2 saturated heterocycles. The molecule has 0 spiro atoms. The molecule has 3 rings (SSSR count). The third-order valence-corrected chi connectivity index (χ3v) is 7.40. The first kappa shape index (κ1) is 14.0. The minimum absolute atomic E-state index is 0.117. The second kappa shape index (κ2) is 4.53. The zero-order chi connectivity index (χ0) is 14.5. The largest absolute Gasteiger partial charge is 0.385 e. The molecule has 2 bridgehead atoms. The van der Waals surface area contributed by atoms with Gasteiger partial charge in [0, 0.05) is 5.56 Å². The molecular formula is C15H19FO3S. The molecule has 0 saturated carbocycles. The van der Waals surface area contributed by atoms with Gasteiger partial charge in [-0.25, -0.2) is 12.8 Å². The van der Waals surface area contributed by atoms with E-state index in [1.165, 1.54) is 6.07 Å². The molecule has 2 unspecified atom stereocenters. The Balaban J connectivity index is 2.04. The Labute approximate surface area is 118 Å². The lowest BCUT2D eigenvalue weighted by atomic mass is 9.80. The van der Waals surface area contributed by atoms with Crippen molar-refractivity contribution >= 4 is 9.84 Å². The van der Waals surface area contributed by atoms with Crippen molar-refractivity contribution in [1.82, 2.24) is 0 Å². The lowest BCUT2D eigenvalue weighted by Crippen LogP contribution is -2.50. The standard InChI is InChI=1S/C15H19FO3S/c1-10-5-6-14(16)13(7-10)15(17)8-11-3-2-4-12(9-15)20(11,18)19/h5-7,11-12,17H,2-4,8-9H2,1H3. The van der Waals surface area contributed by atoms with Gasteiger partial charge in [-0.2, -0.15) is 0 Å². The molecule has 5 heteroatoms. The number of hydrogen-bond donors (Lipinski definition) is 1. The second-order valence-corrected chi connectivity index (χ2v) is 8.70. The van der Waals surface area contributed by atoms with Crippen molar-refractivity contribution in [3.05, 3.63) is 35.1 Å². The predicted octanol–water partition coefficient (Wildman–Crippen LogP) is 2.45. The Kier molecular flexibility index (Phi) is 3.18. The van der Waals surface area contributed by atoms with Gasteiger partial charge in [0.25, 0.3) is 0 Å². The Bertz CT molecular complexity index is 619. The second-order valence-electron chi connectivity index (χ2n) is 6.19. The van der Waals surface area contributed by atoms with Crippen LogP contribution in [0.4, 0.5) is 4.39 Å². The summed E-state index contributed by atoms with van der Waals surface area (Å²) in [5, 5.41) is 9.83. The molecule has 2 aliphatic rings. The zero-order valence-corrected chi connectivity index (χ0v) is 12.3. The van der Waals surface area contributed by atoms with Crippen LogP contribution in [0.1, 0.15) is 43.2 Å². The van der Waals surface area contributed by atoms with E-state index >= 15 is 0 Å². The summed E-state index contributed by atoms with van der Waals surface area (Å²) in [6.45, 7) is 1.84. The maximum atomic E-state index is 14.1. The lowest BCUT2D eigenvalue weighted by Gasteiger charge is -2.44. The number of aliphatic hydroxyl groups is 1. The van der Waals surface area contributed by atoms with E-state index in [0.29, 0.717) is 12.8 Å². The molecule has 1 aromatic rings. The Hall–Kier alpha value is -0.940. The summed E-state index contributed by atoms with van der Waals surface area (Å²) in [6, 6.07) is 4.65. The maximum Gasteiger partial charge on any atom is 0.156 e. The van der Waals surface area contributed by atoms with Crippen LogP contribution in [0.5, 0.6) is 0 Å². The normalized spacial score (nSPS) is 35.8.